The Morgan fingerprint density at radius 1 is 0.962 bits per heavy atom. The van der Waals surface area contributed by atoms with Gasteiger partial charge < -0.3 is 10.6 Å². The van der Waals surface area contributed by atoms with Crippen molar-refractivity contribution >= 4 is 17.3 Å². The van der Waals surface area contributed by atoms with Gasteiger partial charge in [0.1, 0.15) is 5.69 Å². The second-order valence-electron chi connectivity index (χ2n) is 6.48. The number of nitrogens with one attached hydrogen (secondary N) is 2. The van der Waals surface area contributed by atoms with Gasteiger partial charge in [-0.3, -0.25) is 4.79 Å². The fourth-order valence-corrected chi connectivity index (χ4v) is 2.78. The molecule has 1 aromatic heterocycles. The number of carbonyl (C=O) groups excluding carboxylic acids is 1. The number of aryl methyl sites for hydroxylation is 3. The third-order valence-electron chi connectivity index (χ3n) is 4.37. The van der Waals surface area contributed by atoms with Crippen LogP contribution >= 0.6 is 0 Å². The molecule has 0 radical (unpaired) electrons. The van der Waals surface area contributed by atoms with E-state index in [2.05, 4.69) is 34.7 Å². The lowest BCUT2D eigenvalue weighted by Crippen LogP contribution is -2.14. The monoisotopic (exact) mass is 345 g/mol. The van der Waals surface area contributed by atoms with Crippen molar-refractivity contribution in [2.75, 3.05) is 10.6 Å². The van der Waals surface area contributed by atoms with E-state index in [9.17, 15) is 4.79 Å². The first-order valence-electron chi connectivity index (χ1n) is 8.66. The summed E-state index contributed by atoms with van der Waals surface area (Å²) in [6, 6.07) is 17.8. The summed E-state index contributed by atoms with van der Waals surface area (Å²) in [4.78, 5) is 16.7. The summed E-state index contributed by atoms with van der Waals surface area (Å²) in [6.07, 6.45) is 1.69. The quantitative estimate of drug-likeness (QED) is 0.693. The van der Waals surface area contributed by atoms with Gasteiger partial charge in [-0.25, -0.2) is 4.98 Å². The van der Waals surface area contributed by atoms with Gasteiger partial charge in [0, 0.05) is 12.2 Å². The van der Waals surface area contributed by atoms with E-state index in [4.69, 9.17) is 0 Å². The third kappa shape index (κ3) is 4.28. The van der Waals surface area contributed by atoms with Crippen LogP contribution in [0.25, 0.3) is 0 Å². The van der Waals surface area contributed by atoms with Crippen molar-refractivity contribution in [3.05, 3.63) is 88.7 Å². The maximum absolute atomic E-state index is 12.4. The summed E-state index contributed by atoms with van der Waals surface area (Å²) in [6.45, 7) is 6.83. The average molecular weight is 345 g/mol. The Balaban J connectivity index is 1.63. The summed E-state index contributed by atoms with van der Waals surface area (Å²) >= 11 is 0. The smallest absolute Gasteiger partial charge is 0.274 e. The lowest BCUT2D eigenvalue weighted by atomic mass is 10.1. The predicted octanol–water partition coefficient (Wildman–Crippen LogP) is 4.87. The number of anilines is 2. The molecular formula is C22H23N3O. The van der Waals surface area contributed by atoms with Crippen LogP contribution in [-0.4, -0.2) is 10.9 Å². The molecule has 0 saturated carbocycles. The molecule has 1 heterocycles. The number of rotatable bonds is 5. The predicted molar refractivity (Wildman–Crippen MR) is 107 cm³/mol. The molecule has 0 fully saturated rings. The second kappa shape index (κ2) is 7.83. The number of hydrogen-bond donors (Lipinski definition) is 2. The maximum Gasteiger partial charge on any atom is 0.274 e. The van der Waals surface area contributed by atoms with Gasteiger partial charge in [-0.05, 0) is 55.7 Å². The highest BCUT2D eigenvalue weighted by molar-refractivity contribution is 6.03. The molecule has 2 N–H and O–H groups in total. The lowest BCUT2D eigenvalue weighted by Gasteiger charge is -2.10. The normalized spacial score (nSPS) is 10.4. The van der Waals surface area contributed by atoms with Crippen LogP contribution in [0, 0.1) is 20.8 Å². The summed E-state index contributed by atoms with van der Waals surface area (Å²) in [5, 5.41) is 6.26. The van der Waals surface area contributed by atoms with E-state index >= 15 is 0 Å². The van der Waals surface area contributed by atoms with Crippen LogP contribution in [0.1, 0.15) is 32.7 Å². The highest BCUT2D eigenvalue weighted by atomic mass is 16.1. The molecule has 3 aromatic rings. The van der Waals surface area contributed by atoms with Crippen molar-refractivity contribution < 1.29 is 4.79 Å². The topological polar surface area (TPSA) is 54.0 Å². The molecule has 0 spiro atoms. The van der Waals surface area contributed by atoms with Gasteiger partial charge in [-0.1, -0.05) is 42.0 Å². The lowest BCUT2D eigenvalue weighted by molar-refractivity contribution is 0.102. The zero-order valence-corrected chi connectivity index (χ0v) is 15.3. The highest BCUT2D eigenvalue weighted by Crippen LogP contribution is 2.17. The summed E-state index contributed by atoms with van der Waals surface area (Å²) in [5.74, 6) is -0.206. The first-order chi connectivity index (χ1) is 12.5. The Bertz CT molecular complexity index is 917. The van der Waals surface area contributed by atoms with Crippen molar-refractivity contribution in [3.8, 4) is 0 Å². The van der Waals surface area contributed by atoms with E-state index in [1.54, 1.807) is 12.3 Å². The minimum atomic E-state index is -0.206. The molecule has 0 aliphatic rings. The van der Waals surface area contributed by atoms with Crippen LogP contribution in [0.3, 0.4) is 0 Å². The van der Waals surface area contributed by atoms with E-state index in [1.165, 1.54) is 16.7 Å². The van der Waals surface area contributed by atoms with Crippen LogP contribution < -0.4 is 10.6 Å². The van der Waals surface area contributed by atoms with Gasteiger partial charge in [0.05, 0.1) is 11.9 Å². The molecular weight excluding hydrogens is 322 g/mol. The molecule has 0 bridgehead atoms. The number of hydrogen-bond acceptors (Lipinski definition) is 3. The van der Waals surface area contributed by atoms with Crippen molar-refractivity contribution in [2.24, 2.45) is 0 Å². The van der Waals surface area contributed by atoms with Crippen LogP contribution in [0.5, 0.6) is 0 Å². The molecule has 4 nitrogen and oxygen atoms in total. The third-order valence-corrected chi connectivity index (χ3v) is 4.37. The first-order valence-corrected chi connectivity index (χ1v) is 8.66. The largest absolute Gasteiger partial charge is 0.380 e. The van der Waals surface area contributed by atoms with Crippen LogP contribution in [0.2, 0.25) is 0 Å². The van der Waals surface area contributed by atoms with Gasteiger partial charge in [-0.15, -0.1) is 0 Å². The van der Waals surface area contributed by atoms with Crippen LogP contribution in [0.15, 0.2) is 60.8 Å². The Labute approximate surface area is 154 Å². The fourth-order valence-electron chi connectivity index (χ4n) is 2.78. The minimum absolute atomic E-state index is 0.206. The highest BCUT2D eigenvalue weighted by Gasteiger charge is 2.09. The second-order valence-corrected chi connectivity index (χ2v) is 6.48. The molecule has 0 unspecified atom stereocenters. The number of amides is 1. The SMILES string of the molecule is Cc1ccc(NC(=O)c2ccc(NCc3ccccc3C)cn2)c(C)c1. The molecule has 0 atom stereocenters. The summed E-state index contributed by atoms with van der Waals surface area (Å²) in [5.41, 5.74) is 6.78. The van der Waals surface area contributed by atoms with E-state index in [-0.39, 0.29) is 5.91 Å². The Morgan fingerprint density at radius 3 is 2.46 bits per heavy atom. The molecule has 26 heavy (non-hydrogen) atoms. The van der Waals surface area contributed by atoms with E-state index in [0.717, 1.165) is 23.5 Å². The van der Waals surface area contributed by atoms with Gasteiger partial charge in [-0.2, -0.15) is 0 Å². The van der Waals surface area contributed by atoms with Crippen LogP contribution in [0.4, 0.5) is 11.4 Å². The van der Waals surface area contributed by atoms with Gasteiger partial charge in [0.25, 0.3) is 5.91 Å². The summed E-state index contributed by atoms with van der Waals surface area (Å²) in [7, 11) is 0. The van der Waals surface area contributed by atoms with Crippen molar-refractivity contribution in [1.82, 2.24) is 4.98 Å². The Morgan fingerprint density at radius 2 is 1.77 bits per heavy atom. The van der Waals surface area contributed by atoms with Gasteiger partial charge >= 0.3 is 0 Å². The molecule has 1 amide bonds. The van der Waals surface area contributed by atoms with Gasteiger partial charge in [0.2, 0.25) is 0 Å². The zero-order chi connectivity index (χ0) is 18.5. The Kier molecular flexibility index (Phi) is 5.32. The number of carbonyl (C=O) groups is 1. The molecule has 0 aliphatic carbocycles. The van der Waals surface area contributed by atoms with Crippen molar-refractivity contribution in [1.29, 1.82) is 0 Å². The zero-order valence-electron chi connectivity index (χ0n) is 15.3. The Hall–Kier alpha value is -3.14. The molecule has 4 heteroatoms. The molecule has 0 aliphatic heterocycles. The first kappa shape index (κ1) is 17.7. The standard InChI is InChI=1S/C22H23N3O/c1-15-8-10-20(17(3)12-15)25-22(26)21-11-9-19(14-24-21)23-13-18-7-5-4-6-16(18)2/h4-12,14,23H,13H2,1-3H3,(H,25,26). The van der Waals surface area contributed by atoms with Crippen molar-refractivity contribution in [2.45, 2.75) is 27.3 Å². The molecule has 2 aromatic carbocycles. The van der Waals surface area contributed by atoms with E-state index in [0.29, 0.717) is 5.69 Å². The average Bonchev–Trinajstić information content (AvgIpc) is 2.64. The van der Waals surface area contributed by atoms with Crippen molar-refractivity contribution in [3.63, 3.8) is 0 Å². The maximum atomic E-state index is 12.4. The summed E-state index contributed by atoms with van der Waals surface area (Å²) < 4.78 is 0. The van der Waals surface area contributed by atoms with E-state index in [1.807, 2.05) is 50.2 Å². The molecule has 132 valence electrons. The van der Waals surface area contributed by atoms with Gasteiger partial charge in [0.15, 0.2) is 0 Å². The van der Waals surface area contributed by atoms with Crippen LogP contribution in [-0.2, 0) is 6.54 Å². The molecule has 0 saturated heterocycles. The number of nitrogens with zero attached hydrogens (tertiary/aromatic N) is 1. The van der Waals surface area contributed by atoms with E-state index < -0.39 is 0 Å². The minimum Gasteiger partial charge on any atom is -0.380 e. The number of aromatic nitrogens is 1. The fraction of sp³-hybridized carbons (Fsp3) is 0.182. The number of benzene rings is 2. The molecule has 3 rings (SSSR count). The number of pyridine rings is 1.